The normalized spacial score (nSPS) is 19.4. The number of carboxylic acids is 3. The molecule has 21 nitrogen and oxygen atoms in total. The van der Waals surface area contributed by atoms with Gasteiger partial charge in [-0.3, -0.25) is 0 Å². The molecule has 0 fully saturated rings. The van der Waals surface area contributed by atoms with E-state index in [1.54, 1.807) is 0 Å². The van der Waals surface area contributed by atoms with Gasteiger partial charge in [0, 0.05) is 0 Å². The molecule has 0 aliphatic heterocycles. The molecule has 0 radical (unpaired) electrons. The second kappa shape index (κ2) is 25.8. The van der Waals surface area contributed by atoms with Crippen LogP contribution in [0.25, 0.3) is 0 Å². The quantitative estimate of drug-likeness (QED) is 0.0722. The second-order valence-electron chi connectivity index (χ2n) is 7.48. The Morgan fingerprint density at radius 1 is 0.415 bits per heavy atom. The zero-order chi connectivity index (χ0) is 31.8. The third kappa shape index (κ3) is 19.3. The Hall–Kier alpha value is -0.671. The average molecular weight is 664 g/mol. The predicted octanol–water partition coefficient (Wildman–Crippen LogP) is -17.5. The molecule has 41 heavy (non-hydrogen) atoms. The zero-order valence-corrected chi connectivity index (χ0v) is 24.2. The van der Waals surface area contributed by atoms with Crippen LogP contribution in [0.4, 0.5) is 0 Å². The first-order chi connectivity index (χ1) is 17.7. The van der Waals surface area contributed by atoms with E-state index in [-0.39, 0.29) is 46.6 Å². The van der Waals surface area contributed by atoms with E-state index in [0.29, 0.717) is 0 Å². The van der Waals surface area contributed by atoms with Crippen molar-refractivity contribution < 1.29 is 153 Å². The summed E-state index contributed by atoms with van der Waals surface area (Å²) >= 11 is 0. The smallest absolute Gasteiger partial charge is 0.547 e. The number of hydrogen-bond acceptors (Lipinski definition) is 21. The fraction of sp³-hybridized carbons (Fsp3) is 0.833. The summed E-state index contributed by atoms with van der Waals surface area (Å²) in [5.41, 5.74) is 0. The summed E-state index contributed by atoms with van der Waals surface area (Å²) < 4.78 is 0. The molecule has 12 unspecified atom stereocenters. The molecule has 0 bridgehead atoms. The molecule has 0 saturated carbocycles. The van der Waals surface area contributed by atoms with Crippen molar-refractivity contribution in [2.75, 3.05) is 19.8 Å². The van der Waals surface area contributed by atoms with Gasteiger partial charge in [0.05, 0.1) is 37.7 Å². The molecule has 0 aromatic heterocycles. The van der Waals surface area contributed by atoms with Crippen molar-refractivity contribution in [2.45, 2.75) is 73.2 Å². The summed E-state index contributed by atoms with van der Waals surface area (Å²) in [7, 11) is 0. The number of aliphatic carboxylic acids is 3. The average Bonchev–Trinajstić information content (AvgIpc) is 2.92. The molecule has 23 heteroatoms. The summed E-state index contributed by atoms with van der Waals surface area (Å²) in [6, 6.07) is 0. The van der Waals surface area contributed by atoms with E-state index in [9.17, 15) is 29.7 Å². The molecule has 0 spiro atoms. The predicted molar refractivity (Wildman–Crippen MR) is 108 cm³/mol. The van der Waals surface area contributed by atoms with Crippen molar-refractivity contribution in [1.82, 2.24) is 0 Å². The number of hydrogen-bond donors (Lipinski definition) is 15. The van der Waals surface area contributed by atoms with Crippen LogP contribution < -0.4 is 44.9 Å². The van der Waals surface area contributed by atoms with Crippen LogP contribution in [-0.2, 0) is 31.5 Å². The summed E-state index contributed by atoms with van der Waals surface area (Å²) in [4.78, 5) is 29.9. The number of carbonyl (C=O) groups excluding carboxylic acids is 3. The van der Waals surface area contributed by atoms with E-state index < -0.39 is 111 Å². The fourth-order valence-corrected chi connectivity index (χ4v) is 1.99. The van der Waals surface area contributed by atoms with E-state index in [4.69, 9.17) is 76.6 Å². The van der Waals surface area contributed by atoms with E-state index in [0.717, 1.165) is 0 Å². The monoisotopic (exact) mass is 664 g/mol. The summed E-state index contributed by atoms with van der Waals surface area (Å²) in [6.07, 6.45) is -24.2. The maximum Gasteiger partial charge on any atom is 2.00 e. The van der Waals surface area contributed by atoms with Gasteiger partial charge < -0.3 is 106 Å². The molecular weight excluding hydrogens is 631 g/mol. The van der Waals surface area contributed by atoms with Gasteiger partial charge in [0.2, 0.25) is 0 Å². The van der Waals surface area contributed by atoms with Gasteiger partial charge in [-0.05, 0) is 0 Å². The van der Waals surface area contributed by atoms with Crippen LogP contribution in [0.5, 0.6) is 0 Å². The molecule has 240 valence electrons. The molecule has 12 atom stereocenters. The third-order valence-corrected chi connectivity index (χ3v) is 4.49. The molecule has 0 heterocycles. The Morgan fingerprint density at radius 2 is 0.561 bits per heavy atom. The van der Waals surface area contributed by atoms with Crippen LogP contribution in [0.2, 0.25) is 0 Å². The number of rotatable bonds is 15. The van der Waals surface area contributed by atoms with E-state index in [2.05, 4.69) is 0 Å². The zero-order valence-electron chi connectivity index (χ0n) is 21.1. The molecule has 0 rings (SSSR count). The molecule has 0 saturated heterocycles. The van der Waals surface area contributed by atoms with Crippen molar-refractivity contribution in [3.63, 3.8) is 0 Å². The molecule has 15 N–H and O–H groups in total. The molecule has 0 aliphatic carbocycles. The van der Waals surface area contributed by atoms with Gasteiger partial charge in [-0.15, -0.1) is 0 Å². The van der Waals surface area contributed by atoms with Gasteiger partial charge in [0.25, 0.3) is 0 Å². The summed E-state index contributed by atoms with van der Waals surface area (Å²) in [5.74, 6) is -5.93. The van der Waals surface area contributed by atoms with Gasteiger partial charge >= 0.3 is 46.6 Å². The van der Waals surface area contributed by atoms with Crippen LogP contribution in [0.3, 0.4) is 0 Å². The summed E-state index contributed by atoms with van der Waals surface area (Å²) in [6.45, 7) is -2.59. The van der Waals surface area contributed by atoms with Crippen molar-refractivity contribution in [3.05, 3.63) is 0 Å². The summed E-state index contributed by atoms with van der Waals surface area (Å²) in [5, 5.41) is 160. The van der Waals surface area contributed by atoms with Crippen LogP contribution >= 0.6 is 0 Å². The maximum absolute atomic E-state index is 9.98. The van der Waals surface area contributed by atoms with E-state index in [1.807, 2.05) is 0 Å². The van der Waals surface area contributed by atoms with Gasteiger partial charge in [-0.1, -0.05) is 0 Å². The number of aliphatic hydroxyl groups excluding tert-OH is 15. The van der Waals surface area contributed by atoms with Gasteiger partial charge in [-0.2, -0.15) is 0 Å². The Bertz CT molecular complexity index is 615. The van der Waals surface area contributed by atoms with Crippen molar-refractivity contribution in [1.29, 1.82) is 0 Å². The molecule has 0 aromatic rings. The molecular formula is C18H33FeNaO21. The first-order valence-electron chi connectivity index (χ1n) is 10.4. The van der Waals surface area contributed by atoms with Crippen molar-refractivity contribution in [2.24, 2.45) is 0 Å². The van der Waals surface area contributed by atoms with Crippen molar-refractivity contribution in [3.8, 4) is 0 Å². The Morgan fingerprint density at radius 3 is 0.659 bits per heavy atom. The molecule has 0 amide bonds. The first-order valence-corrected chi connectivity index (χ1v) is 10.4. The maximum atomic E-state index is 9.98. The fourth-order valence-electron chi connectivity index (χ4n) is 1.99. The molecule has 0 aliphatic rings. The number of carboxylic acid groups (broad SMARTS) is 3. The second-order valence-corrected chi connectivity index (χ2v) is 7.48. The molecule has 0 aromatic carbocycles. The standard InChI is InChI=1S/3C6H12O7.Fe.Na/c3*7-1-2(8)3(9)4(10)5(11)6(12)13;;/h3*2-5,7-11H,1H2,(H,12,13);;/q;;;+2;+1/p-3. The van der Waals surface area contributed by atoms with Crippen molar-refractivity contribution >= 4 is 17.9 Å². The first kappa shape index (κ1) is 50.0. The minimum atomic E-state index is -2.31. The van der Waals surface area contributed by atoms with E-state index in [1.165, 1.54) is 0 Å². The van der Waals surface area contributed by atoms with Crippen LogP contribution in [0, 0.1) is 0 Å². The van der Waals surface area contributed by atoms with Crippen LogP contribution in [0.15, 0.2) is 0 Å². The SMILES string of the molecule is O=C([O-])C(O)C(O)C(O)C(O)CO.O=C([O-])C(O)C(O)C(O)C(O)CO.O=C([O-])C(O)C(O)C(O)C(O)CO.[Fe+2].[Na+]. The topological polar surface area (TPSA) is 424 Å². The van der Waals surface area contributed by atoms with Gasteiger partial charge in [-0.25, -0.2) is 0 Å². The number of carbonyl (C=O) groups is 3. The van der Waals surface area contributed by atoms with Gasteiger partial charge in [0.15, 0.2) is 0 Å². The Kier molecular flexibility index (Phi) is 31.4. The largest absolute Gasteiger partial charge is 2.00 e. The minimum Gasteiger partial charge on any atom is -0.547 e. The minimum absolute atomic E-state index is 0. The number of aliphatic hydroxyl groups is 15. The van der Waals surface area contributed by atoms with E-state index >= 15 is 0 Å². The van der Waals surface area contributed by atoms with Gasteiger partial charge in [0.1, 0.15) is 73.2 Å². The Balaban J connectivity index is -0.000000154. The third-order valence-electron chi connectivity index (χ3n) is 4.49. The Labute approximate surface area is 263 Å². The van der Waals surface area contributed by atoms with Crippen LogP contribution in [0.1, 0.15) is 0 Å². The van der Waals surface area contributed by atoms with Crippen LogP contribution in [-0.4, -0.2) is 188 Å².